The average molecular weight is 471 g/mol. The monoisotopic (exact) mass is 470 g/mol. The average Bonchev–Trinajstić information content (AvgIpc) is 2.75. The Balaban J connectivity index is 1.95. The Bertz CT molecular complexity index is 1340. The van der Waals surface area contributed by atoms with Gasteiger partial charge >= 0.3 is 11.7 Å². The van der Waals surface area contributed by atoms with Crippen LogP contribution in [-0.4, -0.2) is 36.3 Å². The molecule has 2 N–H and O–H groups in total. The molecule has 2 heterocycles. The third kappa shape index (κ3) is 5.14. The normalized spacial score (nSPS) is 12.4. The lowest BCUT2D eigenvalue weighted by molar-refractivity contribution is -0.119. The van der Waals surface area contributed by atoms with E-state index in [1.165, 1.54) is 18.7 Å². The van der Waals surface area contributed by atoms with Gasteiger partial charge in [0.15, 0.2) is 5.65 Å². The summed E-state index contributed by atoms with van der Waals surface area (Å²) in [5, 5.41) is 4.53. The quantitative estimate of drug-likeness (QED) is 0.442. The molecule has 3 amide bonds. The van der Waals surface area contributed by atoms with Gasteiger partial charge in [0.2, 0.25) is 5.91 Å². The van der Waals surface area contributed by atoms with Gasteiger partial charge in [-0.2, -0.15) is 0 Å². The zero-order valence-corrected chi connectivity index (χ0v) is 20.1. The van der Waals surface area contributed by atoms with Crippen LogP contribution in [-0.2, 0) is 24.3 Å². The van der Waals surface area contributed by atoms with Gasteiger partial charge in [-0.05, 0) is 19.1 Å². The first-order valence-electron chi connectivity index (χ1n) is 10.2. The van der Waals surface area contributed by atoms with E-state index in [4.69, 9.17) is 0 Å². The largest absolute Gasteiger partial charge is 0.332 e. The third-order valence-corrected chi connectivity index (χ3v) is 5.95. The number of carbonyl (C=O) groups is 2. The number of imide groups is 1. The molecule has 3 aromatic rings. The fourth-order valence-corrected chi connectivity index (χ4v) is 3.90. The maximum atomic E-state index is 12.9. The number of nitrogens with one attached hydrogen (secondary N) is 2. The van der Waals surface area contributed by atoms with Crippen LogP contribution in [0.15, 0.2) is 44.9 Å². The van der Waals surface area contributed by atoms with E-state index in [0.717, 1.165) is 16.3 Å². The summed E-state index contributed by atoms with van der Waals surface area (Å²) in [4.78, 5) is 59.2. The highest BCUT2D eigenvalue weighted by molar-refractivity contribution is 8.00. The van der Waals surface area contributed by atoms with Gasteiger partial charge in [-0.25, -0.2) is 19.6 Å². The van der Waals surface area contributed by atoms with Crippen LogP contribution in [0.3, 0.4) is 0 Å². The summed E-state index contributed by atoms with van der Waals surface area (Å²) < 4.78 is 2.26. The molecule has 11 heteroatoms. The number of aryl methyl sites for hydroxylation is 1. The highest BCUT2D eigenvalue weighted by Gasteiger charge is 2.26. The molecule has 1 unspecified atom stereocenters. The van der Waals surface area contributed by atoms with Gasteiger partial charge in [-0.15, -0.1) is 0 Å². The summed E-state index contributed by atoms with van der Waals surface area (Å²) in [5.74, 6) is -0.130. The molecular formula is C22H26N6O4S. The topological polar surface area (TPSA) is 128 Å². The van der Waals surface area contributed by atoms with Gasteiger partial charge in [0.05, 0.1) is 5.25 Å². The van der Waals surface area contributed by atoms with Crippen LogP contribution in [0.4, 0.5) is 10.5 Å². The smallest absolute Gasteiger partial charge is 0.308 e. The van der Waals surface area contributed by atoms with Crippen molar-refractivity contribution in [3.05, 3.63) is 57.0 Å². The summed E-state index contributed by atoms with van der Waals surface area (Å²) in [5.41, 5.74) is -0.790. The molecule has 0 saturated carbocycles. The molecule has 0 bridgehead atoms. The summed E-state index contributed by atoms with van der Waals surface area (Å²) in [6.45, 7) is 7.33. The standard InChI is InChI=1S/C22H26N6O4S/c1-12(16(29)25-20(31)23-13-10-8-7-9-11-13)33-17-14-15(24-19(26-17)22(2,3)4)27(5)21(32)28(6)18(14)30/h7-12H,1-6H3,(H2,23,25,29,31). The minimum absolute atomic E-state index is 0.144. The number of thioether (sulfide) groups is 1. The summed E-state index contributed by atoms with van der Waals surface area (Å²) in [6, 6.07) is 8.06. The molecule has 1 aromatic carbocycles. The van der Waals surface area contributed by atoms with Crippen LogP contribution < -0.4 is 21.9 Å². The Morgan fingerprint density at radius 3 is 2.27 bits per heavy atom. The molecule has 0 aliphatic heterocycles. The van der Waals surface area contributed by atoms with Crippen molar-refractivity contribution < 1.29 is 9.59 Å². The van der Waals surface area contributed by atoms with Gasteiger partial charge in [0.25, 0.3) is 5.56 Å². The van der Waals surface area contributed by atoms with Crippen molar-refractivity contribution in [3.8, 4) is 0 Å². The molecule has 2 aromatic heterocycles. The number of nitrogens with zero attached hydrogens (tertiary/aromatic N) is 4. The second-order valence-electron chi connectivity index (χ2n) is 8.58. The molecule has 174 valence electrons. The SMILES string of the molecule is CC(Sc1nc(C(C)(C)C)nc2c1c(=O)n(C)c(=O)n2C)C(=O)NC(=O)Nc1ccccc1. The van der Waals surface area contributed by atoms with Crippen LogP contribution >= 0.6 is 11.8 Å². The number of benzene rings is 1. The lowest BCUT2D eigenvalue weighted by Crippen LogP contribution is -2.39. The van der Waals surface area contributed by atoms with Gasteiger partial charge in [0, 0.05) is 25.2 Å². The molecule has 0 fully saturated rings. The first kappa shape index (κ1) is 24.2. The zero-order chi connectivity index (χ0) is 24.5. The molecule has 0 spiro atoms. The van der Waals surface area contributed by atoms with Crippen LogP contribution in [0, 0.1) is 0 Å². The van der Waals surface area contributed by atoms with E-state index in [2.05, 4.69) is 20.6 Å². The lowest BCUT2D eigenvalue weighted by Gasteiger charge is -2.20. The van der Waals surface area contributed by atoms with E-state index in [1.807, 2.05) is 26.8 Å². The Hall–Kier alpha value is -3.47. The maximum Gasteiger partial charge on any atom is 0.332 e. The summed E-state index contributed by atoms with van der Waals surface area (Å²) in [6.07, 6.45) is 0. The van der Waals surface area contributed by atoms with Crippen molar-refractivity contribution in [2.24, 2.45) is 14.1 Å². The number of amides is 3. The van der Waals surface area contributed by atoms with Crippen LogP contribution in [0.2, 0.25) is 0 Å². The van der Waals surface area contributed by atoms with E-state index in [9.17, 15) is 19.2 Å². The predicted molar refractivity (Wildman–Crippen MR) is 128 cm³/mol. The lowest BCUT2D eigenvalue weighted by atomic mass is 9.96. The van der Waals surface area contributed by atoms with Crippen LogP contribution in [0.5, 0.6) is 0 Å². The van der Waals surface area contributed by atoms with Gasteiger partial charge < -0.3 is 5.32 Å². The van der Waals surface area contributed by atoms with Gasteiger partial charge in [0.1, 0.15) is 16.2 Å². The van der Waals surface area contributed by atoms with E-state index in [1.54, 1.807) is 31.2 Å². The van der Waals surface area contributed by atoms with Crippen molar-refractivity contribution in [3.63, 3.8) is 0 Å². The molecule has 10 nitrogen and oxygen atoms in total. The Labute approximate surface area is 194 Å². The van der Waals surface area contributed by atoms with Gasteiger partial charge in [-0.3, -0.25) is 24.0 Å². The number of anilines is 1. The second-order valence-corrected chi connectivity index (χ2v) is 9.91. The molecule has 33 heavy (non-hydrogen) atoms. The molecule has 0 aliphatic carbocycles. The number of rotatable bonds is 4. The van der Waals surface area contributed by atoms with E-state index >= 15 is 0 Å². The Morgan fingerprint density at radius 2 is 1.67 bits per heavy atom. The van der Waals surface area contributed by atoms with Crippen molar-refractivity contribution in [1.29, 1.82) is 0 Å². The minimum Gasteiger partial charge on any atom is -0.308 e. The molecule has 0 aliphatic rings. The fourth-order valence-electron chi connectivity index (χ4n) is 2.97. The summed E-state index contributed by atoms with van der Waals surface area (Å²) in [7, 11) is 2.91. The number of aromatic nitrogens is 4. The number of urea groups is 1. The number of hydrogen-bond donors (Lipinski definition) is 2. The molecular weight excluding hydrogens is 444 g/mol. The molecule has 1 atom stereocenters. The first-order chi connectivity index (χ1) is 15.4. The summed E-state index contributed by atoms with van der Waals surface area (Å²) >= 11 is 1.03. The number of fused-ring (bicyclic) bond motifs is 1. The second kappa shape index (κ2) is 9.18. The van der Waals surface area contributed by atoms with Crippen LogP contribution in [0.25, 0.3) is 11.0 Å². The fraction of sp³-hybridized carbons (Fsp3) is 0.364. The third-order valence-electron chi connectivity index (χ3n) is 4.86. The number of carbonyl (C=O) groups excluding carboxylic acids is 2. The Morgan fingerprint density at radius 1 is 1.03 bits per heavy atom. The van der Waals surface area contributed by atoms with Crippen molar-refractivity contribution in [1.82, 2.24) is 24.4 Å². The minimum atomic E-state index is -0.764. The highest BCUT2D eigenvalue weighted by atomic mass is 32.2. The predicted octanol–water partition coefficient (Wildman–Crippen LogP) is 2.15. The maximum absolute atomic E-state index is 12.9. The molecule has 0 saturated heterocycles. The van der Waals surface area contributed by atoms with E-state index in [0.29, 0.717) is 11.5 Å². The van der Waals surface area contributed by atoms with Crippen molar-refractivity contribution in [2.75, 3.05) is 5.32 Å². The zero-order valence-electron chi connectivity index (χ0n) is 19.3. The van der Waals surface area contributed by atoms with E-state index in [-0.39, 0.29) is 16.1 Å². The number of para-hydroxylation sites is 1. The van der Waals surface area contributed by atoms with Crippen molar-refractivity contribution >= 4 is 40.4 Å². The highest BCUT2D eigenvalue weighted by Crippen LogP contribution is 2.29. The Kier molecular flexibility index (Phi) is 6.73. The van der Waals surface area contributed by atoms with Gasteiger partial charge in [-0.1, -0.05) is 50.7 Å². The van der Waals surface area contributed by atoms with Crippen molar-refractivity contribution in [2.45, 2.75) is 43.4 Å². The first-order valence-corrected chi connectivity index (χ1v) is 11.1. The number of hydrogen-bond acceptors (Lipinski definition) is 7. The van der Waals surface area contributed by atoms with Crippen LogP contribution in [0.1, 0.15) is 33.5 Å². The molecule has 3 rings (SSSR count). The van der Waals surface area contributed by atoms with E-state index < -0.39 is 33.9 Å². The molecule has 0 radical (unpaired) electrons.